The molecule has 2 aromatic rings. The number of Topliss-reactive ketones (excluding diaryl/α,β-unsaturated/α-hetero) is 1. The second-order valence-corrected chi connectivity index (χ2v) is 4.46. The number of ketones is 1. The van der Waals surface area contributed by atoms with Crippen molar-refractivity contribution < 1.29 is 9.90 Å². The highest BCUT2D eigenvalue weighted by molar-refractivity contribution is 6.03. The molecule has 3 nitrogen and oxygen atoms in total. The van der Waals surface area contributed by atoms with Crippen molar-refractivity contribution in [2.24, 2.45) is 0 Å². The van der Waals surface area contributed by atoms with Crippen LogP contribution in [0, 0.1) is 0 Å². The molecule has 2 N–H and O–H groups in total. The zero-order valence-corrected chi connectivity index (χ0v) is 9.76. The Morgan fingerprint density at radius 3 is 2.56 bits per heavy atom. The summed E-state index contributed by atoms with van der Waals surface area (Å²) in [6.45, 7) is 0. The molecule has 0 amide bonds. The minimum Gasteiger partial charge on any atom is -0.508 e. The van der Waals surface area contributed by atoms with Crippen LogP contribution in [0.4, 0.5) is 5.69 Å². The van der Waals surface area contributed by atoms with Gasteiger partial charge in [-0.1, -0.05) is 24.3 Å². The maximum Gasteiger partial charge on any atom is 0.167 e. The molecule has 3 rings (SSSR count). The van der Waals surface area contributed by atoms with Gasteiger partial charge in [0.15, 0.2) is 5.78 Å². The number of carbonyl (C=O) groups is 1. The molecular formula is C15H13NO2. The smallest absolute Gasteiger partial charge is 0.167 e. The van der Waals surface area contributed by atoms with Crippen molar-refractivity contribution >= 4 is 11.5 Å². The molecule has 1 aliphatic heterocycles. The van der Waals surface area contributed by atoms with Crippen LogP contribution >= 0.6 is 0 Å². The summed E-state index contributed by atoms with van der Waals surface area (Å²) < 4.78 is 0. The maximum atomic E-state index is 12.0. The molecule has 0 aliphatic carbocycles. The number of hydrogen-bond donors (Lipinski definition) is 2. The molecule has 0 saturated carbocycles. The number of phenolic OH excluding ortho intramolecular Hbond substituents is 1. The fourth-order valence-electron chi connectivity index (χ4n) is 2.29. The molecular weight excluding hydrogens is 226 g/mol. The summed E-state index contributed by atoms with van der Waals surface area (Å²) in [5.41, 5.74) is 2.65. The van der Waals surface area contributed by atoms with E-state index in [2.05, 4.69) is 5.32 Å². The van der Waals surface area contributed by atoms with E-state index in [0.29, 0.717) is 6.42 Å². The van der Waals surface area contributed by atoms with Crippen molar-refractivity contribution in [1.29, 1.82) is 0 Å². The summed E-state index contributed by atoms with van der Waals surface area (Å²) >= 11 is 0. The minimum absolute atomic E-state index is 0.0204. The van der Waals surface area contributed by atoms with E-state index in [0.717, 1.165) is 16.8 Å². The van der Waals surface area contributed by atoms with Crippen molar-refractivity contribution in [3.8, 4) is 5.75 Å². The number of benzene rings is 2. The standard InChI is InChI=1S/C15H13NO2/c17-11-7-5-10(6-8-11)14-9-15(18)12-3-1-2-4-13(12)16-14/h1-8,14,16-17H,9H2/t14-/m0/s1. The zero-order valence-electron chi connectivity index (χ0n) is 9.76. The lowest BCUT2D eigenvalue weighted by Gasteiger charge is -2.26. The summed E-state index contributed by atoms with van der Waals surface area (Å²) in [5, 5.41) is 12.6. The van der Waals surface area contributed by atoms with E-state index in [1.165, 1.54) is 0 Å². The molecule has 1 atom stereocenters. The van der Waals surface area contributed by atoms with Gasteiger partial charge in [-0.3, -0.25) is 4.79 Å². The lowest BCUT2D eigenvalue weighted by Crippen LogP contribution is -2.22. The van der Waals surface area contributed by atoms with Crippen LogP contribution in [-0.2, 0) is 0 Å². The second-order valence-electron chi connectivity index (χ2n) is 4.46. The van der Waals surface area contributed by atoms with Gasteiger partial charge in [-0.25, -0.2) is 0 Å². The van der Waals surface area contributed by atoms with Crippen LogP contribution in [0.5, 0.6) is 5.75 Å². The number of aromatic hydroxyl groups is 1. The number of rotatable bonds is 1. The summed E-state index contributed by atoms with van der Waals surface area (Å²) in [4.78, 5) is 12.0. The quantitative estimate of drug-likeness (QED) is 0.803. The highest BCUT2D eigenvalue weighted by atomic mass is 16.3. The van der Waals surface area contributed by atoms with Crippen molar-refractivity contribution in [3.63, 3.8) is 0 Å². The van der Waals surface area contributed by atoms with Gasteiger partial charge in [-0.05, 0) is 29.8 Å². The number of para-hydroxylation sites is 1. The van der Waals surface area contributed by atoms with Crippen LogP contribution in [-0.4, -0.2) is 10.9 Å². The average molecular weight is 239 g/mol. The average Bonchev–Trinajstić information content (AvgIpc) is 2.39. The van der Waals surface area contributed by atoms with Gasteiger partial charge in [0.2, 0.25) is 0 Å². The minimum atomic E-state index is -0.0204. The number of carbonyl (C=O) groups excluding carboxylic acids is 1. The molecule has 0 radical (unpaired) electrons. The second kappa shape index (κ2) is 4.18. The molecule has 0 aromatic heterocycles. The molecule has 0 fully saturated rings. The van der Waals surface area contributed by atoms with E-state index >= 15 is 0 Å². The van der Waals surface area contributed by atoms with Gasteiger partial charge in [0.05, 0.1) is 6.04 Å². The number of nitrogens with one attached hydrogen (secondary N) is 1. The first kappa shape index (κ1) is 10.8. The largest absolute Gasteiger partial charge is 0.508 e. The summed E-state index contributed by atoms with van der Waals surface area (Å²) in [5.74, 6) is 0.392. The highest BCUT2D eigenvalue weighted by Crippen LogP contribution is 2.32. The van der Waals surface area contributed by atoms with E-state index in [1.54, 1.807) is 12.1 Å². The summed E-state index contributed by atoms with van der Waals surface area (Å²) in [7, 11) is 0. The monoisotopic (exact) mass is 239 g/mol. The molecule has 90 valence electrons. The van der Waals surface area contributed by atoms with Gasteiger partial charge in [0, 0.05) is 17.7 Å². The normalized spacial score (nSPS) is 18.0. The summed E-state index contributed by atoms with van der Waals surface area (Å²) in [6.07, 6.45) is 0.446. The zero-order chi connectivity index (χ0) is 12.5. The lowest BCUT2D eigenvalue weighted by molar-refractivity contribution is 0.0972. The number of hydrogen-bond acceptors (Lipinski definition) is 3. The van der Waals surface area contributed by atoms with Crippen LogP contribution in [0.1, 0.15) is 28.4 Å². The Labute approximate surface area is 105 Å². The van der Waals surface area contributed by atoms with Crippen LogP contribution in [0.15, 0.2) is 48.5 Å². The van der Waals surface area contributed by atoms with E-state index in [-0.39, 0.29) is 17.6 Å². The molecule has 18 heavy (non-hydrogen) atoms. The molecule has 1 aliphatic rings. The predicted octanol–water partition coefficient (Wildman–Crippen LogP) is 3.13. The van der Waals surface area contributed by atoms with Gasteiger partial charge in [-0.2, -0.15) is 0 Å². The first-order chi connectivity index (χ1) is 8.74. The van der Waals surface area contributed by atoms with Gasteiger partial charge in [0.25, 0.3) is 0 Å². The Morgan fingerprint density at radius 1 is 1.06 bits per heavy atom. The number of fused-ring (bicyclic) bond motifs is 1. The van der Waals surface area contributed by atoms with Gasteiger partial charge >= 0.3 is 0 Å². The molecule has 0 saturated heterocycles. The Morgan fingerprint density at radius 2 is 1.78 bits per heavy atom. The Hall–Kier alpha value is -2.29. The Kier molecular flexibility index (Phi) is 2.52. The lowest BCUT2D eigenvalue weighted by atomic mass is 9.92. The van der Waals surface area contributed by atoms with Gasteiger partial charge in [0.1, 0.15) is 5.75 Å². The number of phenols is 1. The topological polar surface area (TPSA) is 49.3 Å². The van der Waals surface area contributed by atoms with Crippen LogP contribution in [0.3, 0.4) is 0 Å². The molecule has 0 unspecified atom stereocenters. The van der Waals surface area contributed by atoms with E-state index < -0.39 is 0 Å². The van der Waals surface area contributed by atoms with E-state index in [4.69, 9.17) is 0 Å². The van der Waals surface area contributed by atoms with Crippen LogP contribution in [0.25, 0.3) is 0 Å². The third-order valence-corrected chi connectivity index (χ3v) is 3.24. The van der Waals surface area contributed by atoms with E-state index in [9.17, 15) is 9.90 Å². The molecule has 0 bridgehead atoms. The van der Waals surface area contributed by atoms with E-state index in [1.807, 2.05) is 36.4 Å². The van der Waals surface area contributed by atoms with Crippen LogP contribution in [0.2, 0.25) is 0 Å². The molecule has 3 heteroatoms. The third kappa shape index (κ3) is 1.84. The molecule has 1 heterocycles. The first-order valence-electron chi connectivity index (χ1n) is 5.92. The van der Waals surface area contributed by atoms with Crippen molar-refractivity contribution in [2.45, 2.75) is 12.5 Å². The Bertz CT molecular complexity index is 590. The third-order valence-electron chi connectivity index (χ3n) is 3.24. The fourth-order valence-corrected chi connectivity index (χ4v) is 2.29. The fraction of sp³-hybridized carbons (Fsp3) is 0.133. The van der Waals surface area contributed by atoms with Crippen molar-refractivity contribution in [1.82, 2.24) is 0 Å². The van der Waals surface area contributed by atoms with Crippen LogP contribution < -0.4 is 5.32 Å². The highest BCUT2D eigenvalue weighted by Gasteiger charge is 2.24. The number of anilines is 1. The Balaban J connectivity index is 1.94. The van der Waals surface area contributed by atoms with Crippen molar-refractivity contribution in [2.75, 3.05) is 5.32 Å². The summed E-state index contributed by atoms with van der Waals surface area (Å²) in [6, 6.07) is 14.5. The molecule has 2 aromatic carbocycles. The SMILES string of the molecule is O=C1C[C@@H](c2ccc(O)cc2)Nc2ccccc21. The molecule has 0 spiro atoms. The van der Waals surface area contributed by atoms with Gasteiger partial charge < -0.3 is 10.4 Å². The van der Waals surface area contributed by atoms with Crippen molar-refractivity contribution in [3.05, 3.63) is 59.7 Å². The predicted molar refractivity (Wildman–Crippen MR) is 69.9 cm³/mol. The maximum absolute atomic E-state index is 12.0. The van der Waals surface area contributed by atoms with Gasteiger partial charge in [-0.15, -0.1) is 0 Å². The first-order valence-corrected chi connectivity index (χ1v) is 5.92.